The molecule has 27 heavy (non-hydrogen) atoms. The highest BCUT2D eigenvalue weighted by Gasteiger charge is 2.23. The minimum Gasteiger partial charge on any atom is -0.336 e. The van der Waals surface area contributed by atoms with E-state index < -0.39 is 0 Å². The standard InChI is InChI=1S/C21H19ClIN3O/c22-17-6-7-18(19(23)13-17)21(27)26-11-9-25(10-12-26)14-16-4-1-3-15-5-2-8-24-20(15)16/h1-8,13H,9-12,14H2. The Kier molecular flexibility index (Phi) is 5.61. The second kappa shape index (κ2) is 8.12. The molecule has 1 aliphatic rings. The summed E-state index contributed by atoms with van der Waals surface area (Å²) in [6, 6.07) is 15.8. The van der Waals surface area contributed by atoms with Gasteiger partial charge in [-0.2, -0.15) is 0 Å². The van der Waals surface area contributed by atoms with Crippen molar-refractivity contribution in [2.45, 2.75) is 6.54 Å². The minimum atomic E-state index is 0.0857. The molecule has 4 rings (SSSR count). The van der Waals surface area contributed by atoms with Crippen molar-refractivity contribution in [2.24, 2.45) is 0 Å². The van der Waals surface area contributed by atoms with Crippen LogP contribution in [0, 0.1) is 3.57 Å². The molecule has 3 aromatic rings. The molecule has 0 unspecified atom stereocenters. The number of para-hydroxylation sites is 1. The molecule has 2 heterocycles. The Hall–Kier alpha value is -1.70. The molecule has 0 radical (unpaired) electrons. The zero-order valence-electron chi connectivity index (χ0n) is 14.7. The molecule has 6 heteroatoms. The number of carbonyl (C=O) groups is 1. The number of carbonyl (C=O) groups excluding carboxylic acids is 1. The monoisotopic (exact) mass is 491 g/mol. The van der Waals surface area contributed by atoms with Crippen LogP contribution in [-0.4, -0.2) is 46.9 Å². The van der Waals surface area contributed by atoms with Crippen LogP contribution in [0.15, 0.2) is 54.7 Å². The molecule has 1 aliphatic heterocycles. The van der Waals surface area contributed by atoms with E-state index in [2.05, 4.69) is 56.7 Å². The normalized spacial score (nSPS) is 15.3. The average Bonchev–Trinajstić information content (AvgIpc) is 2.68. The average molecular weight is 492 g/mol. The van der Waals surface area contributed by atoms with Gasteiger partial charge in [0.2, 0.25) is 0 Å². The fraction of sp³-hybridized carbons (Fsp3) is 0.238. The first kappa shape index (κ1) is 18.7. The van der Waals surface area contributed by atoms with E-state index in [0.29, 0.717) is 5.02 Å². The highest BCUT2D eigenvalue weighted by Crippen LogP contribution is 2.21. The molecule has 0 spiro atoms. The van der Waals surface area contributed by atoms with Crippen molar-refractivity contribution in [1.82, 2.24) is 14.8 Å². The molecule has 138 valence electrons. The van der Waals surface area contributed by atoms with Crippen LogP contribution in [0.2, 0.25) is 5.02 Å². The van der Waals surface area contributed by atoms with E-state index in [1.807, 2.05) is 29.3 Å². The lowest BCUT2D eigenvalue weighted by Gasteiger charge is -2.35. The molecule has 0 atom stereocenters. The molecule has 2 aromatic carbocycles. The number of pyridine rings is 1. The largest absolute Gasteiger partial charge is 0.336 e. The quantitative estimate of drug-likeness (QED) is 0.508. The van der Waals surface area contributed by atoms with Gasteiger partial charge in [-0.15, -0.1) is 0 Å². The van der Waals surface area contributed by atoms with Gasteiger partial charge in [0.25, 0.3) is 5.91 Å². The number of rotatable bonds is 3. The Morgan fingerprint density at radius 2 is 1.85 bits per heavy atom. The van der Waals surface area contributed by atoms with Crippen molar-refractivity contribution in [3.63, 3.8) is 0 Å². The molecule has 0 bridgehead atoms. The van der Waals surface area contributed by atoms with Crippen molar-refractivity contribution >= 4 is 51.0 Å². The number of amides is 1. The third kappa shape index (κ3) is 4.10. The molecule has 4 nitrogen and oxygen atoms in total. The summed E-state index contributed by atoms with van der Waals surface area (Å²) in [5, 5.41) is 1.82. The number of hydrogen-bond donors (Lipinski definition) is 0. The third-order valence-electron chi connectivity index (χ3n) is 4.93. The summed E-state index contributed by atoms with van der Waals surface area (Å²) in [6.45, 7) is 4.04. The summed E-state index contributed by atoms with van der Waals surface area (Å²) in [4.78, 5) is 21.7. The van der Waals surface area contributed by atoms with Crippen molar-refractivity contribution < 1.29 is 4.79 Å². The summed E-state index contributed by atoms with van der Waals surface area (Å²) in [6.07, 6.45) is 1.84. The van der Waals surface area contributed by atoms with Gasteiger partial charge in [-0.1, -0.05) is 35.9 Å². The van der Waals surface area contributed by atoms with Crippen LogP contribution < -0.4 is 0 Å². The van der Waals surface area contributed by atoms with Crippen LogP contribution in [0.3, 0.4) is 0 Å². The van der Waals surface area contributed by atoms with Crippen LogP contribution in [-0.2, 0) is 6.54 Å². The minimum absolute atomic E-state index is 0.0857. The molecule has 0 saturated carbocycles. The number of nitrogens with zero attached hydrogens (tertiary/aromatic N) is 3. The number of fused-ring (bicyclic) bond motifs is 1. The van der Waals surface area contributed by atoms with E-state index >= 15 is 0 Å². The first-order valence-electron chi connectivity index (χ1n) is 8.91. The Bertz CT molecular complexity index is 981. The van der Waals surface area contributed by atoms with Crippen LogP contribution in [0.5, 0.6) is 0 Å². The third-order valence-corrected chi connectivity index (χ3v) is 6.06. The summed E-state index contributed by atoms with van der Waals surface area (Å²) in [7, 11) is 0. The second-order valence-corrected chi connectivity index (χ2v) is 8.28. The number of hydrogen-bond acceptors (Lipinski definition) is 3. The SMILES string of the molecule is O=C(c1ccc(Cl)cc1I)N1CCN(Cc2cccc3cccnc23)CC1. The van der Waals surface area contributed by atoms with Gasteiger partial charge in [0.15, 0.2) is 0 Å². The Labute approximate surface area is 177 Å². The number of benzene rings is 2. The van der Waals surface area contributed by atoms with Crippen LogP contribution in [0.25, 0.3) is 10.9 Å². The van der Waals surface area contributed by atoms with Crippen LogP contribution >= 0.6 is 34.2 Å². The predicted molar refractivity (Wildman–Crippen MR) is 117 cm³/mol. The van der Waals surface area contributed by atoms with E-state index in [0.717, 1.165) is 47.4 Å². The molecule has 0 N–H and O–H groups in total. The van der Waals surface area contributed by atoms with Crippen LogP contribution in [0.4, 0.5) is 0 Å². The van der Waals surface area contributed by atoms with Gasteiger partial charge in [0.1, 0.15) is 0 Å². The molecule has 1 aromatic heterocycles. The molecular formula is C21H19ClIN3O. The van der Waals surface area contributed by atoms with Crippen LogP contribution in [0.1, 0.15) is 15.9 Å². The molecule has 1 fully saturated rings. The lowest BCUT2D eigenvalue weighted by atomic mass is 10.1. The fourth-order valence-electron chi connectivity index (χ4n) is 3.48. The topological polar surface area (TPSA) is 36.4 Å². The van der Waals surface area contributed by atoms with Gasteiger partial charge < -0.3 is 4.90 Å². The lowest BCUT2D eigenvalue weighted by Crippen LogP contribution is -2.48. The summed E-state index contributed by atoms with van der Waals surface area (Å²) in [5.74, 6) is 0.0857. The van der Waals surface area contributed by atoms with E-state index in [1.165, 1.54) is 10.9 Å². The van der Waals surface area contributed by atoms with Crippen molar-refractivity contribution in [1.29, 1.82) is 0 Å². The number of halogens is 2. The van der Waals surface area contributed by atoms with Crippen molar-refractivity contribution in [3.8, 4) is 0 Å². The molecule has 0 aliphatic carbocycles. The maximum Gasteiger partial charge on any atom is 0.255 e. The van der Waals surface area contributed by atoms with Gasteiger partial charge in [-0.05, 0) is 52.4 Å². The summed E-state index contributed by atoms with van der Waals surface area (Å²) >= 11 is 8.18. The zero-order chi connectivity index (χ0) is 18.8. The molecule has 1 saturated heterocycles. The van der Waals surface area contributed by atoms with Crippen molar-refractivity contribution in [3.05, 3.63) is 74.4 Å². The first-order valence-corrected chi connectivity index (χ1v) is 10.4. The van der Waals surface area contributed by atoms with Gasteiger partial charge in [-0.25, -0.2) is 0 Å². The van der Waals surface area contributed by atoms with Gasteiger partial charge >= 0.3 is 0 Å². The summed E-state index contributed by atoms with van der Waals surface area (Å²) < 4.78 is 0.898. The van der Waals surface area contributed by atoms with Crippen molar-refractivity contribution in [2.75, 3.05) is 26.2 Å². The Morgan fingerprint density at radius 1 is 1.07 bits per heavy atom. The number of piperazine rings is 1. The van der Waals surface area contributed by atoms with E-state index in [-0.39, 0.29) is 5.91 Å². The summed E-state index contributed by atoms with van der Waals surface area (Å²) in [5.41, 5.74) is 3.03. The maximum absolute atomic E-state index is 12.8. The zero-order valence-corrected chi connectivity index (χ0v) is 17.7. The lowest BCUT2D eigenvalue weighted by molar-refractivity contribution is 0.0628. The van der Waals surface area contributed by atoms with Gasteiger partial charge in [0, 0.05) is 52.9 Å². The second-order valence-electron chi connectivity index (χ2n) is 6.68. The smallest absolute Gasteiger partial charge is 0.255 e. The van der Waals surface area contributed by atoms with E-state index in [1.54, 1.807) is 6.07 Å². The highest BCUT2D eigenvalue weighted by molar-refractivity contribution is 14.1. The first-order chi connectivity index (χ1) is 13.1. The predicted octanol–water partition coefficient (Wildman–Crippen LogP) is 4.45. The molecular weight excluding hydrogens is 473 g/mol. The van der Waals surface area contributed by atoms with E-state index in [4.69, 9.17) is 11.6 Å². The Morgan fingerprint density at radius 3 is 2.63 bits per heavy atom. The fourth-order valence-corrected chi connectivity index (χ4v) is 4.58. The van der Waals surface area contributed by atoms with Gasteiger partial charge in [-0.3, -0.25) is 14.7 Å². The number of aromatic nitrogens is 1. The highest BCUT2D eigenvalue weighted by atomic mass is 127. The van der Waals surface area contributed by atoms with E-state index in [9.17, 15) is 4.79 Å². The Balaban J connectivity index is 1.42. The molecule has 1 amide bonds. The maximum atomic E-state index is 12.8. The van der Waals surface area contributed by atoms with Gasteiger partial charge in [0.05, 0.1) is 11.1 Å².